The van der Waals surface area contributed by atoms with E-state index in [4.69, 9.17) is 22.7 Å². The zero-order valence-electron chi connectivity index (χ0n) is 15.9. The van der Waals surface area contributed by atoms with Crippen LogP contribution in [0.15, 0.2) is 46.8 Å². The van der Waals surface area contributed by atoms with Gasteiger partial charge in [-0.15, -0.1) is 0 Å². The minimum atomic E-state index is -0.707. The van der Waals surface area contributed by atoms with Crippen LogP contribution in [0.4, 0.5) is 5.69 Å². The number of hydrogen-bond acceptors (Lipinski definition) is 5. The Labute approximate surface area is 172 Å². The number of anilines is 1. The standard InChI is InChI=1S/C19H20ClN7O2/c1-10(18(22)28)27-9-13-4-3-12(5-15(13)19(27)29)17(21)16(20)8-23-11(2)26-14-6-24-25-7-14/h3-8,10,21H,9H2,1-2H3,(H2,22,28)(H,23,26)(H,24,25)/b16-8+,21-17?/t10-/m1/s1. The van der Waals surface area contributed by atoms with Gasteiger partial charge in [0.25, 0.3) is 5.91 Å². The normalized spacial score (nSPS) is 15.3. The van der Waals surface area contributed by atoms with Gasteiger partial charge in [0.2, 0.25) is 5.91 Å². The van der Waals surface area contributed by atoms with E-state index in [2.05, 4.69) is 20.5 Å². The summed E-state index contributed by atoms with van der Waals surface area (Å²) in [4.78, 5) is 29.6. The van der Waals surface area contributed by atoms with Crippen molar-refractivity contribution < 1.29 is 9.59 Å². The number of allylic oxidation sites excluding steroid dienone is 1. The van der Waals surface area contributed by atoms with Crippen molar-refractivity contribution in [2.75, 3.05) is 5.32 Å². The van der Waals surface area contributed by atoms with Gasteiger partial charge >= 0.3 is 0 Å². The summed E-state index contributed by atoms with van der Waals surface area (Å²) in [5, 5.41) is 17.9. The molecule has 2 amide bonds. The molecule has 0 aliphatic carbocycles. The molecule has 9 nitrogen and oxygen atoms in total. The summed E-state index contributed by atoms with van der Waals surface area (Å²) >= 11 is 6.23. The molecule has 3 rings (SSSR count). The molecule has 0 unspecified atom stereocenters. The van der Waals surface area contributed by atoms with Gasteiger partial charge in [-0.25, -0.2) is 4.99 Å². The maximum absolute atomic E-state index is 12.6. The highest BCUT2D eigenvalue weighted by Crippen LogP contribution is 2.27. The molecule has 2 aromatic rings. The first kappa shape index (κ1) is 20.3. The Morgan fingerprint density at radius 3 is 2.93 bits per heavy atom. The Morgan fingerprint density at radius 2 is 2.28 bits per heavy atom. The van der Waals surface area contributed by atoms with Crippen molar-refractivity contribution in [1.82, 2.24) is 15.1 Å². The van der Waals surface area contributed by atoms with E-state index in [1.807, 2.05) is 0 Å². The number of hydrogen-bond donors (Lipinski definition) is 4. The Balaban J connectivity index is 1.76. The average molecular weight is 414 g/mol. The quantitative estimate of drug-likeness (QED) is 0.425. The van der Waals surface area contributed by atoms with Crippen molar-refractivity contribution in [3.05, 3.63) is 58.5 Å². The van der Waals surface area contributed by atoms with E-state index in [-0.39, 0.29) is 16.7 Å². The summed E-state index contributed by atoms with van der Waals surface area (Å²) in [6.45, 7) is 3.64. The summed E-state index contributed by atoms with van der Waals surface area (Å²) in [5.41, 5.74) is 7.78. The van der Waals surface area contributed by atoms with Gasteiger partial charge < -0.3 is 16.0 Å². The molecule has 150 valence electrons. The SMILES string of the molecule is C/C(=N\C=C(\Cl)C(=N)c1ccc2c(c1)C(=O)N([C@H](C)C(N)=O)C2)Nc1cn[nH]c1. The van der Waals surface area contributed by atoms with E-state index >= 15 is 0 Å². The number of primary amides is 1. The molecular formula is C19H20ClN7O2. The third kappa shape index (κ3) is 4.35. The molecule has 0 saturated carbocycles. The lowest BCUT2D eigenvalue weighted by Gasteiger charge is -2.20. The predicted molar refractivity (Wildman–Crippen MR) is 111 cm³/mol. The smallest absolute Gasteiger partial charge is 0.255 e. The number of aromatic amines is 1. The van der Waals surface area contributed by atoms with Crippen LogP contribution in [0.3, 0.4) is 0 Å². The molecule has 0 spiro atoms. The van der Waals surface area contributed by atoms with Gasteiger partial charge in [0, 0.05) is 30.1 Å². The number of aromatic nitrogens is 2. The topological polar surface area (TPSA) is 140 Å². The summed E-state index contributed by atoms with van der Waals surface area (Å²) in [6, 6.07) is 4.36. The van der Waals surface area contributed by atoms with Gasteiger partial charge in [-0.1, -0.05) is 23.7 Å². The van der Waals surface area contributed by atoms with Crippen LogP contribution in [0.25, 0.3) is 0 Å². The molecule has 0 fully saturated rings. The number of fused-ring (bicyclic) bond motifs is 1. The molecule has 5 N–H and O–H groups in total. The number of nitrogens with zero attached hydrogens (tertiary/aromatic N) is 3. The van der Waals surface area contributed by atoms with Gasteiger partial charge in [0.15, 0.2) is 0 Å². The van der Waals surface area contributed by atoms with E-state index < -0.39 is 11.9 Å². The van der Waals surface area contributed by atoms with Crippen LogP contribution in [-0.4, -0.2) is 44.5 Å². The lowest BCUT2D eigenvalue weighted by Crippen LogP contribution is -2.42. The van der Waals surface area contributed by atoms with Gasteiger partial charge in [0.05, 0.1) is 22.6 Å². The zero-order valence-corrected chi connectivity index (χ0v) is 16.6. The number of amidine groups is 1. The Bertz CT molecular complexity index is 1030. The highest BCUT2D eigenvalue weighted by Gasteiger charge is 2.33. The average Bonchev–Trinajstić information content (AvgIpc) is 3.32. The van der Waals surface area contributed by atoms with Crippen LogP contribution in [0.5, 0.6) is 0 Å². The highest BCUT2D eigenvalue weighted by molar-refractivity contribution is 6.45. The van der Waals surface area contributed by atoms with E-state index in [0.717, 1.165) is 11.3 Å². The molecule has 1 aromatic carbocycles. The van der Waals surface area contributed by atoms with Crippen LogP contribution in [0, 0.1) is 5.41 Å². The zero-order chi connectivity index (χ0) is 21.1. The number of aliphatic imine (C=N–C) groups is 1. The molecule has 1 atom stereocenters. The highest BCUT2D eigenvalue weighted by atomic mass is 35.5. The Kier molecular flexibility index (Phi) is 5.79. The van der Waals surface area contributed by atoms with Crippen LogP contribution in [0.1, 0.15) is 35.3 Å². The second-order valence-electron chi connectivity index (χ2n) is 6.56. The number of benzene rings is 1. The summed E-state index contributed by atoms with van der Waals surface area (Å²) in [6.07, 6.45) is 4.65. The van der Waals surface area contributed by atoms with Crippen LogP contribution >= 0.6 is 11.6 Å². The third-order valence-electron chi connectivity index (χ3n) is 4.54. The number of H-pyrrole nitrogens is 1. The summed E-state index contributed by atoms with van der Waals surface area (Å²) in [7, 11) is 0. The fourth-order valence-corrected chi connectivity index (χ4v) is 3.02. The number of rotatable bonds is 6. The van der Waals surface area contributed by atoms with Crippen molar-refractivity contribution >= 4 is 40.6 Å². The molecule has 1 aliphatic rings. The molecule has 29 heavy (non-hydrogen) atoms. The summed E-state index contributed by atoms with van der Waals surface area (Å²) in [5.74, 6) is -0.292. The van der Waals surface area contributed by atoms with Crippen molar-refractivity contribution in [3.8, 4) is 0 Å². The van der Waals surface area contributed by atoms with E-state index in [0.29, 0.717) is 23.5 Å². The summed E-state index contributed by atoms with van der Waals surface area (Å²) < 4.78 is 0. The number of amides is 2. The van der Waals surface area contributed by atoms with Crippen LogP contribution in [0.2, 0.25) is 0 Å². The van der Waals surface area contributed by atoms with Gasteiger partial charge in [0.1, 0.15) is 11.9 Å². The number of nitrogens with two attached hydrogens (primary N) is 1. The van der Waals surface area contributed by atoms with Crippen molar-refractivity contribution in [2.45, 2.75) is 26.4 Å². The number of halogens is 1. The lowest BCUT2D eigenvalue weighted by atomic mass is 10.0. The van der Waals surface area contributed by atoms with Crippen LogP contribution < -0.4 is 11.1 Å². The second-order valence-corrected chi connectivity index (χ2v) is 6.97. The largest absolute Gasteiger partial charge is 0.368 e. The maximum Gasteiger partial charge on any atom is 0.255 e. The molecule has 0 bridgehead atoms. The van der Waals surface area contributed by atoms with Crippen molar-refractivity contribution in [3.63, 3.8) is 0 Å². The minimum absolute atomic E-state index is 0.0310. The Hall–Kier alpha value is -3.46. The second kappa shape index (κ2) is 8.27. The van der Waals surface area contributed by atoms with E-state index in [9.17, 15) is 9.59 Å². The van der Waals surface area contributed by atoms with Gasteiger partial charge in [-0.3, -0.25) is 20.1 Å². The fourth-order valence-electron chi connectivity index (χ4n) is 2.86. The maximum atomic E-state index is 12.6. The van der Waals surface area contributed by atoms with Gasteiger partial charge in [-0.05, 0) is 25.5 Å². The number of carbonyl (C=O) groups excluding carboxylic acids is 2. The van der Waals surface area contributed by atoms with Crippen molar-refractivity contribution in [1.29, 1.82) is 5.41 Å². The lowest BCUT2D eigenvalue weighted by molar-refractivity contribution is -0.122. The van der Waals surface area contributed by atoms with E-state index in [1.165, 1.54) is 11.1 Å². The molecule has 0 saturated heterocycles. The molecule has 1 aliphatic heterocycles. The van der Waals surface area contributed by atoms with Crippen LogP contribution in [-0.2, 0) is 11.3 Å². The molecule has 1 aromatic heterocycles. The monoisotopic (exact) mass is 413 g/mol. The molecule has 10 heteroatoms. The first-order valence-electron chi connectivity index (χ1n) is 8.76. The number of nitrogens with one attached hydrogen (secondary N) is 3. The minimum Gasteiger partial charge on any atom is -0.368 e. The third-order valence-corrected chi connectivity index (χ3v) is 4.83. The van der Waals surface area contributed by atoms with E-state index in [1.54, 1.807) is 44.4 Å². The molecule has 2 heterocycles. The molecular weight excluding hydrogens is 394 g/mol. The Morgan fingerprint density at radius 1 is 1.52 bits per heavy atom. The van der Waals surface area contributed by atoms with Gasteiger partial charge in [-0.2, -0.15) is 5.10 Å². The fraction of sp³-hybridized carbons (Fsp3) is 0.211. The predicted octanol–water partition coefficient (Wildman–Crippen LogP) is 2.22. The number of carbonyl (C=O) groups is 2. The van der Waals surface area contributed by atoms with Crippen molar-refractivity contribution in [2.24, 2.45) is 10.7 Å². The first-order valence-corrected chi connectivity index (χ1v) is 9.14. The molecule has 0 radical (unpaired) electrons. The first-order chi connectivity index (χ1) is 13.8.